The van der Waals surface area contributed by atoms with Crippen molar-refractivity contribution in [3.05, 3.63) is 110 Å². The van der Waals surface area contributed by atoms with Gasteiger partial charge in [-0.1, -0.05) is 41.9 Å². The first-order valence-electron chi connectivity index (χ1n) is 15.7. The van der Waals surface area contributed by atoms with Crippen molar-refractivity contribution in [2.24, 2.45) is 17.8 Å². The molecule has 4 aromatic rings. The second-order valence-electron chi connectivity index (χ2n) is 13.1. The van der Waals surface area contributed by atoms with Crippen LogP contribution >= 0.6 is 11.6 Å². The van der Waals surface area contributed by atoms with Gasteiger partial charge in [0, 0.05) is 46.6 Å². The van der Waals surface area contributed by atoms with Crippen molar-refractivity contribution in [1.82, 2.24) is 9.88 Å². The van der Waals surface area contributed by atoms with Crippen LogP contribution in [0.4, 0.5) is 0 Å². The van der Waals surface area contributed by atoms with E-state index in [0.29, 0.717) is 44.9 Å². The van der Waals surface area contributed by atoms with Crippen molar-refractivity contribution in [2.75, 3.05) is 7.11 Å². The third-order valence-corrected chi connectivity index (χ3v) is 10.3. The lowest BCUT2D eigenvalue weighted by Gasteiger charge is -2.59. The molecule has 0 unspecified atom stereocenters. The van der Waals surface area contributed by atoms with Gasteiger partial charge in [-0.25, -0.2) is 4.79 Å². The number of carbonyl (C=O) groups is 3. The van der Waals surface area contributed by atoms with Crippen LogP contribution in [0.15, 0.2) is 77.6 Å². The van der Waals surface area contributed by atoms with E-state index in [-0.39, 0.29) is 46.6 Å². The number of aromatic nitrogens is 1. The quantitative estimate of drug-likeness (QED) is 0.240. The summed E-state index contributed by atoms with van der Waals surface area (Å²) in [4.78, 5) is 52.5. The number of esters is 2. The van der Waals surface area contributed by atoms with Crippen LogP contribution in [0.1, 0.15) is 71.0 Å². The first-order chi connectivity index (χ1) is 22.1. The molecule has 0 spiro atoms. The molecule has 4 aliphatic carbocycles. The van der Waals surface area contributed by atoms with E-state index in [2.05, 4.69) is 5.32 Å². The number of nitrogens with zero attached hydrogens (tertiary/aromatic N) is 1. The van der Waals surface area contributed by atoms with E-state index in [1.54, 1.807) is 34.9 Å². The lowest BCUT2D eigenvalue weighted by molar-refractivity contribution is -0.188. The van der Waals surface area contributed by atoms with Crippen LogP contribution in [0.3, 0.4) is 0 Å². The van der Waals surface area contributed by atoms with Gasteiger partial charge in [-0.15, -0.1) is 0 Å². The third kappa shape index (κ3) is 5.38. The van der Waals surface area contributed by atoms with Crippen molar-refractivity contribution < 1.29 is 23.9 Å². The number of fused-ring (bicyclic) bond motifs is 1. The Hall–Kier alpha value is -4.43. The summed E-state index contributed by atoms with van der Waals surface area (Å²) in [7, 11) is 1.29. The number of benzene rings is 3. The predicted octanol–water partition coefficient (Wildman–Crippen LogP) is 6.26. The normalized spacial score (nSPS) is 24.5. The van der Waals surface area contributed by atoms with Crippen LogP contribution in [0, 0.1) is 17.8 Å². The van der Waals surface area contributed by atoms with Crippen LogP contribution in [0.5, 0.6) is 0 Å². The van der Waals surface area contributed by atoms with Gasteiger partial charge in [-0.05, 0) is 97.9 Å². The summed E-state index contributed by atoms with van der Waals surface area (Å²) >= 11 is 6.35. The first-order valence-corrected chi connectivity index (χ1v) is 16.1. The number of halogens is 1. The minimum atomic E-state index is -0.639. The second-order valence-corrected chi connectivity index (χ2v) is 13.5. The van der Waals surface area contributed by atoms with Crippen LogP contribution < -0.4 is 10.7 Å². The van der Waals surface area contributed by atoms with Gasteiger partial charge in [0.25, 0.3) is 5.91 Å². The molecule has 5 atom stereocenters. The van der Waals surface area contributed by atoms with Crippen LogP contribution in [0.2, 0.25) is 5.02 Å². The summed E-state index contributed by atoms with van der Waals surface area (Å²) in [6.07, 6.45) is 4.77. The number of carbonyl (C=O) groups excluding carboxylic acids is 3. The third-order valence-electron chi connectivity index (χ3n) is 10.1. The fourth-order valence-electron chi connectivity index (χ4n) is 8.56. The molecule has 1 heterocycles. The minimum absolute atomic E-state index is 0.0533. The Balaban J connectivity index is 1.17. The van der Waals surface area contributed by atoms with E-state index in [0.717, 1.165) is 37.7 Å². The average molecular weight is 639 g/mol. The molecular weight excluding hydrogens is 604 g/mol. The maximum Gasteiger partial charge on any atom is 0.355 e. The molecule has 4 fully saturated rings. The maximum absolute atomic E-state index is 13.9. The molecule has 0 saturated heterocycles. The highest BCUT2D eigenvalue weighted by molar-refractivity contribution is 6.31. The smallest absolute Gasteiger partial charge is 0.355 e. The zero-order chi connectivity index (χ0) is 32.2. The number of ether oxygens (including phenoxy) is 2. The van der Waals surface area contributed by atoms with Crippen LogP contribution in [-0.4, -0.2) is 41.2 Å². The highest BCUT2D eigenvalue weighted by Crippen LogP contribution is 2.57. The second kappa shape index (κ2) is 11.7. The van der Waals surface area contributed by atoms with E-state index in [4.69, 9.17) is 21.1 Å². The van der Waals surface area contributed by atoms with Crippen molar-refractivity contribution in [2.45, 2.75) is 57.1 Å². The summed E-state index contributed by atoms with van der Waals surface area (Å²) in [6.45, 7) is 1.48. The van der Waals surface area contributed by atoms with Crippen molar-refractivity contribution >= 4 is 40.3 Å². The molecule has 4 saturated carbocycles. The summed E-state index contributed by atoms with van der Waals surface area (Å²) < 4.78 is 12.8. The maximum atomic E-state index is 13.9. The number of amides is 1. The Morgan fingerprint density at radius 2 is 1.65 bits per heavy atom. The molecule has 1 aromatic heterocycles. The Morgan fingerprint density at radius 3 is 2.30 bits per heavy atom. The Labute approximate surface area is 271 Å². The molecule has 0 aliphatic heterocycles. The fourth-order valence-corrected chi connectivity index (χ4v) is 8.72. The van der Waals surface area contributed by atoms with Gasteiger partial charge < -0.3 is 19.4 Å². The molecule has 236 valence electrons. The molecule has 1 amide bonds. The lowest BCUT2D eigenvalue weighted by Crippen LogP contribution is -2.62. The van der Waals surface area contributed by atoms with Gasteiger partial charge in [0.2, 0.25) is 0 Å². The van der Waals surface area contributed by atoms with Crippen LogP contribution in [-0.2, 0) is 20.7 Å². The van der Waals surface area contributed by atoms with E-state index in [1.807, 2.05) is 42.5 Å². The van der Waals surface area contributed by atoms with Gasteiger partial charge >= 0.3 is 11.9 Å². The SMILES string of the molecule is COC(=O)c1c(Cc2ccc(C(=O)N[C@H]3[C@@H]4C[C@H]5C[C@H]3C[C@](OC(C)=O)(C5)C4)cc2)c(=O)c2ccc(Cl)cc2n1-c1ccccc1. The molecule has 4 bridgehead atoms. The summed E-state index contributed by atoms with van der Waals surface area (Å²) in [5, 5.41) is 4.17. The van der Waals surface area contributed by atoms with E-state index in [9.17, 15) is 19.2 Å². The Bertz CT molecular complexity index is 1900. The van der Waals surface area contributed by atoms with E-state index in [1.165, 1.54) is 14.0 Å². The number of nitrogens with one attached hydrogen (secondary N) is 1. The molecule has 46 heavy (non-hydrogen) atoms. The molecule has 0 radical (unpaired) electrons. The first kappa shape index (κ1) is 30.2. The molecule has 1 N–H and O–H groups in total. The number of para-hydroxylation sites is 1. The average Bonchev–Trinajstić information content (AvgIpc) is 3.03. The Kier molecular flexibility index (Phi) is 7.71. The summed E-state index contributed by atoms with van der Waals surface area (Å²) in [5.41, 5.74) is 2.24. The molecule has 8 rings (SSSR count). The standard InChI is InChI=1S/C37H35ClN2O6/c1-21(41)46-37-18-23-14-25(19-37)32(26(15-23)20-37)39-35(43)24-10-8-22(9-11-24)16-30-33(36(44)45-2)40(28-6-4-3-5-7-28)31-17-27(38)12-13-29(31)34(30)42/h3-13,17,23,25-26,32H,14-16,18-20H2,1-2H3,(H,39,43)/t23-,25+,26-,32-,37-. The molecule has 3 aromatic carbocycles. The van der Waals surface area contributed by atoms with Crippen molar-refractivity contribution in [3.8, 4) is 5.69 Å². The van der Waals surface area contributed by atoms with E-state index < -0.39 is 5.97 Å². The number of hydrogen-bond donors (Lipinski definition) is 1. The van der Waals surface area contributed by atoms with E-state index >= 15 is 0 Å². The highest BCUT2D eigenvalue weighted by Gasteiger charge is 2.57. The molecular formula is C37H35ClN2O6. The summed E-state index contributed by atoms with van der Waals surface area (Å²) in [5.74, 6) is 0.112. The van der Waals surface area contributed by atoms with Gasteiger partial charge in [-0.3, -0.25) is 14.4 Å². The number of hydrogen-bond acceptors (Lipinski definition) is 6. The zero-order valence-corrected chi connectivity index (χ0v) is 26.5. The monoisotopic (exact) mass is 638 g/mol. The van der Waals surface area contributed by atoms with Crippen LogP contribution in [0.25, 0.3) is 16.6 Å². The predicted molar refractivity (Wildman–Crippen MR) is 174 cm³/mol. The van der Waals surface area contributed by atoms with Gasteiger partial charge in [0.1, 0.15) is 11.3 Å². The summed E-state index contributed by atoms with van der Waals surface area (Å²) in [6, 6.07) is 21.5. The Morgan fingerprint density at radius 1 is 0.957 bits per heavy atom. The van der Waals surface area contributed by atoms with Gasteiger partial charge in [-0.2, -0.15) is 0 Å². The molecule has 4 aliphatic rings. The largest absolute Gasteiger partial charge is 0.464 e. The number of methoxy groups -OCH3 is 1. The van der Waals surface area contributed by atoms with Crippen molar-refractivity contribution in [1.29, 1.82) is 0 Å². The van der Waals surface area contributed by atoms with Gasteiger partial charge in [0.15, 0.2) is 5.43 Å². The molecule has 8 nitrogen and oxygen atoms in total. The topological polar surface area (TPSA) is 104 Å². The highest BCUT2D eigenvalue weighted by atomic mass is 35.5. The minimum Gasteiger partial charge on any atom is -0.464 e. The number of pyridine rings is 1. The van der Waals surface area contributed by atoms with Gasteiger partial charge in [0.05, 0.1) is 12.6 Å². The zero-order valence-electron chi connectivity index (χ0n) is 25.8. The van der Waals surface area contributed by atoms with Crippen molar-refractivity contribution in [3.63, 3.8) is 0 Å². The molecule has 9 heteroatoms. The fraction of sp³-hybridized carbons (Fsp3) is 0.351. The lowest BCUT2D eigenvalue weighted by atomic mass is 9.52. The number of rotatable bonds is 7.